The molecule has 4 aromatic rings. The number of nitrogens with one attached hydrogen (secondary N) is 1. The minimum Gasteiger partial charge on any atom is -0.444 e. The van der Waals surface area contributed by atoms with Crippen molar-refractivity contribution < 1.29 is 9.53 Å². The number of aryl methyl sites for hydroxylation is 5. The number of imidazole rings is 1. The van der Waals surface area contributed by atoms with E-state index >= 15 is 0 Å². The van der Waals surface area contributed by atoms with Crippen molar-refractivity contribution in [3.05, 3.63) is 63.9 Å². The van der Waals surface area contributed by atoms with Gasteiger partial charge in [-0.05, 0) is 51.0 Å². The Balaban J connectivity index is 1.25. The number of nitrogens with zero attached hydrogens (tertiary/aromatic N) is 3. The molecule has 0 atom stereocenters. The number of amides is 1. The Hall–Kier alpha value is -3.19. The molecule has 6 nitrogen and oxygen atoms in total. The van der Waals surface area contributed by atoms with Gasteiger partial charge in [-0.3, -0.25) is 5.32 Å². The van der Waals surface area contributed by atoms with E-state index in [-0.39, 0.29) is 6.61 Å². The van der Waals surface area contributed by atoms with Gasteiger partial charge in [-0.2, -0.15) is 0 Å². The summed E-state index contributed by atoms with van der Waals surface area (Å²) in [6.07, 6.45) is 1.68. The Morgan fingerprint density at radius 1 is 1.16 bits per heavy atom. The zero-order valence-electron chi connectivity index (χ0n) is 17.9. The molecule has 0 saturated carbocycles. The van der Waals surface area contributed by atoms with Crippen molar-refractivity contribution in [2.24, 2.45) is 0 Å². The van der Waals surface area contributed by atoms with Crippen molar-refractivity contribution in [1.29, 1.82) is 0 Å². The third kappa shape index (κ3) is 3.81. The van der Waals surface area contributed by atoms with Gasteiger partial charge in [-0.1, -0.05) is 23.8 Å². The van der Waals surface area contributed by atoms with Gasteiger partial charge in [0.05, 0.1) is 21.6 Å². The van der Waals surface area contributed by atoms with E-state index in [4.69, 9.17) is 4.74 Å². The van der Waals surface area contributed by atoms with E-state index in [2.05, 4.69) is 51.9 Å². The molecular formula is C24H24N4O2S. The summed E-state index contributed by atoms with van der Waals surface area (Å²) in [4.78, 5) is 22.7. The van der Waals surface area contributed by atoms with Crippen LogP contribution in [0.4, 0.5) is 10.5 Å². The fourth-order valence-electron chi connectivity index (χ4n) is 4.11. The van der Waals surface area contributed by atoms with E-state index in [9.17, 15) is 4.79 Å². The lowest BCUT2D eigenvalue weighted by Crippen LogP contribution is -2.13. The SMILES string of the molecule is Cc1ccc(-c2nc(C)c(COC(=O)Nc3ccc4c(c3)nc3n4CCC3)s2)c(C)c1. The van der Waals surface area contributed by atoms with Crippen LogP contribution < -0.4 is 5.32 Å². The van der Waals surface area contributed by atoms with Gasteiger partial charge in [0.15, 0.2) is 0 Å². The maximum Gasteiger partial charge on any atom is 0.411 e. The van der Waals surface area contributed by atoms with Crippen LogP contribution in [0.15, 0.2) is 36.4 Å². The molecule has 2 aromatic carbocycles. The minimum atomic E-state index is -0.480. The number of carbonyl (C=O) groups excluding carboxylic acids is 1. The van der Waals surface area contributed by atoms with Crippen LogP contribution in [0.2, 0.25) is 0 Å². The number of anilines is 1. The second kappa shape index (κ2) is 7.81. The predicted molar refractivity (Wildman–Crippen MR) is 124 cm³/mol. The minimum absolute atomic E-state index is 0.196. The maximum atomic E-state index is 12.4. The van der Waals surface area contributed by atoms with Crippen LogP contribution in [0.3, 0.4) is 0 Å². The molecule has 5 rings (SSSR count). The molecule has 2 aromatic heterocycles. The molecule has 0 unspecified atom stereocenters. The highest BCUT2D eigenvalue weighted by Gasteiger charge is 2.17. The standard InChI is InChI=1S/C24H24N4O2S/c1-14-6-8-18(15(2)11-14)23-25-16(3)21(31-23)13-30-24(29)26-17-7-9-20-19(12-17)27-22-5-4-10-28(20)22/h6-9,11-12H,4-5,10,13H2,1-3H3,(H,26,29). The fourth-order valence-corrected chi connectivity index (χ4v) is 5.17. The highest BCUT2D eigenvalue weighted by atomic mass is 32.1. The molecule has 1 aliphatic rings. The number of benzene rings is 2. The highest BCUT2D eigenvalue weighted by Crippen LogP contribution is 2.31. The molecule has 1 aliphatic heterocycles. The number of thiazole rings is 1. The number of ether oxygens (including phenoxy) is 1. The van der Waals surface area contributed by atoms with Crippen LogP contribution in [-0.4, -0.2) is 20.6 Å². The van der Waals surface area contributed by atoms with Gasteiger partial charge in [0, 0.05) is 24.2 Å². The average Bonchev–Trinajstić information content (AvgIpc) is 3.40. The van der Waals surface area contributed by atoms with Gasteiger partial charge in [-0.25, -0.2) is 14.8 Å². The van der Waals surface area contributed by atoms with E-state index in [1.165, 1.54) is 11.1 Å². The number of carbonyl (C=O) groups is 1. The molecule has 0 bridgehead atoms. The largest absolute Gasteiger partial charge is 0.444 e. The number of fused-ring (bicyclic) bond motifs is 3. The molecule has 0 saturated heterocycles. The maximum absolute atomic E-state index is 12.4. The number of hydrogen-bond donors (Lipinski definition) is 1. The lowest BCUT2D eigenvalue weighted by molar-refractivity contribution is 0.156. The molecule has 0 fully saturated rings. The molecule has 7 heteroatoms. The molecule has 1 amide bonds. The molecule has 0 radical (unpaired) electrons. The topological polar surface area (TPSA) is 69.0 Å². The Morgan fingerprint density at radius 2 is 2.03 bits per heavy atom. The summed E-state index contributed by atoms with van der Waals surface area (Å²) in [6.45, 7) is 7.33. The summed E-state index contributed by atoms with van der Waals surface area (Å²) in [6, 6.07) is 12.2. The summed E-state index contributed by atoms with van der Waals surface area (Å²) < 4.78 is 7.73. The molecule has 0 spiro atoms. The first kappa shape index (κ1) is 19.8. The van der Waals surface area contributed by atoms with Crippen LogP contribution in [0.1, 0.15) is 33.9 Å². The van der Waals surface area contributed by atoms with E-state index < -0.39 is 6.09 Å². The number of hydrogen-bond acceptors (Lipinski definition) is 5. The van der Waals surface area contributed by atoms with Crippen LogP contribution in [0, 0.1) is 20.8 Å². The number of aromatic nitrogens is 3. The zero-order chi connectivity index (χ0) is 21.5. The van der Waals surface area contributed by atoms with Crippen molar-refractivity contribution in [1.82, 2.24) is 14.5 Å². The van der Waals surface area contributed by atoms with E-state index in [0.717, 1.165) is 57.4 Å². The third-order valence-electron chi connectivity index (χ3n) is 5.70. The van der Waals surface area contributed by atoms with Crippen LogP contribution in [0.5, 0.6) is 0 Å². The van der Waals surface area contributed by atoms with Crippen LogP contribution >= 0.6 is 11.3 Å². The zero-order valence-corrected chi connectivity index (χ0v) is 18.7. The summed E-state index contributed by atoms with van der Waals surface area (Å²) in [5, 5.41) is 3.77. The van der Waals surface area contributed by atoms with Gasteiger partial charge < -0.3 is 9.30 Å². The summed E-state index contributed by atoms with van der Waals surface area (Å²) in [5.74, 6) is 1.12. The Kier molecular flexibility index (Phi) is 4.98. The van der Waals surface area contributed by atoms with Gasteiger partial charge in [0.2, 0.25) is 0 Å². The second-order valence-corrected chi connectivity index (χ2v) is 9.12. The third-order valence-corrected chi connectivity index (χ3v) is 6.86. The Labute approximate surface area is 184 Å². The second-order valence-electron chi connectivity index (χ2n) is 8.03. The first-order chi connectivity index (χ1) is 15.0. The summed E-state index contributed by atoms with van der Waals surface area (Å²) >= 11 is 1.57. The highest BCUT2D eigenvalue weighted by molar-refractivity contribution is 7.15. The van der Waals surface area contributed by atoms with Crippen molar-refractivity contribution in [3.63, 3.8) is 0 Å². The van der Waals surface area contributed by atoms with E-state index in [1.807, 2.05) is 25.1 Å². The predicted octanol–water partition coefficient (Wildman–Crippen LogP) is 5.78. The summed E-state index contributed by atoms with van der Waals surface area (Å²) in [5.41, 5.74) is 7.14. The average molecular weight is 433 g/mol. The van der Waals surface area contributed by atoms with Gasteiger partial charge in [0.25, 0.3) is 0 Å². The molecular weight excluding hydrogens is 408 g/mol. The monoisotopic (exact) mass is 432 g/mol. The molecule has 158 valence electrons. The van der Waals surface area contributed by atoms with Gasteiger partial charge >= 0.3 is 6.09 Å². The smallest absolute Gasteiger partial charge is 0.411 e. The van der Waals surface area contributed by atoms with Crippen LogP contribution in [-0.2, 0) is 24.3 Å². The van der Waals surface area contributed by atoms with Crippen LogP contribution in [0.25, 0.3) is 21.6 Å². The lowest BCUT2D eigenvalue weighted by atomic mass is 10.1. The van der Waals surface area contributed by atoms with Crippen molar-refractivity contribution in [2.75, 3.05) is 5.32 Å². The van der Waals surface area contributed by atoms with E-state index in [0.29, 0.717) is 5.69 Å². The fraction of sp³-hybridized carbons (Fsp3) is 0.292. The first-order valence-corrected chi connectivity index (χ1v) is 11.3. The normalized spacial score (nSPS) is 12.9. The Bertz CT molecular complexity index is 1300. The quantitative estimate of drug-likeness (QED) is 0.444. The Morgan fingerprint density at radius 3 is 2.87 bits per heavy atom. The van der Waals surface area contributed by atoms with Crippen molar-refractivity contribution >= 4 is 34.2 Å². The summed E-state index contributed by atoms with van der Waals surface area (Å²) in [7, 11) is 0. The van der Waals surface area contributed by atoms with Crippen molar-refractivity contribution in [2.45, 2.75) is 46.8 Å². The van der Waals surface area contributed by atoms with Crippen molar-refractivity contribution in [3.8, 4) is 10.6 Å². The molecule has 3 heterocycles. The lowest BCUT2D eigenvalue weighted by Gasteiger charge is -2.07. The van der Waals surface area contributed by atoms with Gasteiger partial charge in [0.1, 0.15) is 17.4 Å². The van der Waals surface area contributed by atoms with Gasteiger partial charge in [-0.15, -0.1) is 11.3 Å². The molecule has 31 heavy (non-hydrogen) atoms. The molecule has 1 N–H and O–H groups in total. The molecule has 0 aliphatic carbocycles. The number of rotatable bonds is 4. The first-order valence-electron chi connectivity index (χ1n) is 10.4. The van der Waals surface area contributed by atoms with E-state index in [1.54, 1.807) is 11.3 Å².